The van der Waals surface area contributed by atoms with Crippen molar-refractivity contribution in [3.05, 3.63) is 53.6 Å². The van der Waals surface area contributed by atoms with Crippen molar-refractivity contribution in [2.75, 3.05) is 10.6 Å². The van der Waals surface area contributed by atoms with Crippen molar-refractivity contribution in [1.82, 2.24) is 5.32 Å². The van der Waals surface area contributed by atoms with Crippen LogP contribution in [0.25, 0.3) is 0 Å². The number of carbonyl (C=O) groups excluding carboxylic acids is 2. The number of amides is 3. The zero-order valence-corrected chi connectivity index (χ0v) is 17.9. The lowest BCUT2D eigenvalue weighted by atomic mass is 10.1. The number of benzene rings is 2. The van der Waals surface area contributed by atoms with Crippen molar-refractivity contribution < 1.29 is 9.59 Å². The molecule has 3 amide bonds. The first-order valence-electron chi connectivity index (χ1n) is 9.50. The van der Waals surface area contributed by atoms with Crippen LogP contribution < -0.4 is 16.0 Å². The molecule has 5 nitrogen and oxygen atoms in total. The van der Waals surface area contributed by atoms with Gasteiger partial charge in [-0.2, -0.15) is 0 Å². The van der Waals surface area contributed by atoms with Crippen LogP contribution in [0, 0.1) is 6.92 Å². The quantitative estimate of drug-likeness (QED) is 0.521. The molecule has 150 valence electrons. The summed E-state index contributed by atoms with van der Waals surface area (Å²) in [6, 6.07) is 13.1. The number of hydrogen-bond acceptors (Lipinski definition) is 3. The summed E-state index contributed by atoms with van der Waals surface area (Å²) < 4.78 is 0. The molecule has 6 heteroatoms. The summed E-state index contributed by atoms with van der Waals surface area (Å²) in [5, 5.41) is 9.18. The number of urea groups is 1. The second kappa shape index (κ2) is 10.2. The molecule has 0 heterocycles. The molecule has 0 spiro atoms. The van der Waals surface area contributed by atoms with Gasteiger partial charge in [-0.25, -0.2) is 4.79 Å². The summed E-state index contributed by atoms with van der Waals surface area (Å²) in [6.07, 6.45) is 1.12. The molecule has 0 radical (unpaired) electrons. The van der Waals surface area contributed by atoms with Crippen molar-refractivity contribution in [2.45, 2.75) is 57.2 Å². The Bertz CT molecular complexity index is 838. The van der Waals surface area contributed by atoms with Gasteiger partial charge in [-0.1, -0.05) is 26.0 Å². The fourth-order valence-electron chi connectivity index (χ4n) is 2.69. The van der Waals surface area contributed by atoms with E-state index in [1.807, 2.05) is 62.0 Å². The van der Waals surface area contributed by atoms with Gasteiger partial charge < -0.3 is 16.0 Å². The third kappa shape index (κ3) is 6.60. The highest BCUT2D eigenvalue weighted by atomic mass is 32.2. The maximum Gasteiger partial charge on any atom is 0.319 e. The highest BCUT2D eigenvalue weighted by molar-refractivity contribution is 7.99. The van der Waals surface area contributed by atoms with E-state index in [4.69, 9.17) is 0 Å². The molecule has 2 rings (SSSR count). The number of rotatable bonds is 7. The van der Waals surface area contributed by atoms with Crippen LogP contribution in [-0.2, 0) is 4.79 Å². The molecule has 0 saturated heterocycles. The molecule has 0 aliphatic carbocycles. The van der Waals surface area contributed by atoms with Gasteiger partial charge in [0.2, 0.25) is 5.91 Å². The van der Waals surface area contributed by atoms with Gasteiger partial charge in [0.1, 0.15) is 0 Å². The predicted molar refractivity (Wildman–Crippen MR) is 118 cm³/mol. The molecule has 2 atom stereocenters. The minimum atomic E-state index is -0.261. The standard InChI is InChI=1S/C22H29N3O2S/c1-6-15(3)28-20-10-11-21(14(2)12-20)25-22(27)23-16(4)18-8-7-9-19(13-18)24-17(5)26/h7-13,15-16H,6H2,1-5H3,(H,24,26)(H2,23,25,27). The van der Waals surface area contributed by atoms with Crippen molar-refractivity contribution in [2.24, 2.45) is 0 Å². The maximum atomic E-state index is 12.4. The summed E-state index contributed by atoms with van der Waals surface area (Å²) in [7, 11) is 0. The maximum absolute atomic E-state index is 12.4. The fourth-order valence-corrected chi connectivity index (χ4v) is 3.72. The number of carbonyl (C=O) groups is 2. The van der Waals surface area contributed by atoms with Gasteiger partial charge in [0.15, 0.2) is 0 Å². The van der Waals surface area contributed by atoms with Crippen molar-refractivity contribution in [3.63, 3.8) is 0 Å². The molecule has 0 aromatic heterocycles. The molecule has 2 unspecified atom stereocenters. The Hall–Kier alpha value is -2.47. The lowest BCUT2D eigenvalue weighted by molar-refractivity contribution is -0.114. The average molecular weight is 400 g/mol. The highest BCUT2D eigenvalue weighted by Crippen LogP contribution is 2.28. The predicted octanol–water partition coefficient (Wildman–Crippen LogP) is 5.73. The Kier molecular flexibility index (Phi) is 7.93. The van der Waals surface area contributed by atoms with E-state index >= 15 is 0 Å². The minimum Gasteiger partial charge on any atom is -0.331 e. The Morgan fingerprint density at radius 3 is 2.46 bits per heavy atom. The minimum absolute atomic E-state index is 0.124. The Balaban J connectivity index is 1.99. The monoisotopic (exact) mass is 399 g/mol. The van der Waals surface area contributed by atoms with Crippen LogP contribution in [0.15, 0.2) is 47.4 Å². The van der Waals surface area contributed by atoms with Gasteiger partial charge in [0, 0.05) is 28.4 Å². The molecule has 0 bridgehead atoms. The zero-order valence-electron chi connectivity index (χ0n) is 17.1. The van der Waals surface area contributed by atoms with E-state index in [1.165, 1.54) is 11.8 Å². The lowest BCUT2D eigenvalue weighted by Gasteiger charge is -2.17. The number of hydrogen-bond donors (Lipinski definition) is 3. The zero-order chi connectivity index (χ0) is 20.7. The highest BCUT2D eigenvalue weighted by Gasteiger charge is 2.12. The van der Waals surface area contributed by atoms with Gasteiger partial charge >= 0.3 is 6.03 Å². The number of anilines is 2. The van der Waals surface area contributed by atoms with Gasteiger partial charge in [0.05, 0.1) is 6.04 Å². The van der Waals surface area contributed by atoms with E-state index < -0.39 is 0 Å². The SMILES string of the molecule is CCC(C)Sc1ccc(NC(=O)NC(C)c2cccc(NC(C)=O)c2)c(C)c1. The second-order valence-electron chi connectivity index (χ2n) is 6.94. The largest absolute Gasteiger partial charge is 0.331 e. The van der Waals surface area contributed by atoms with E-state index in [2.05, 4.69) is 35.9 Å². The lowest BCUT2D eigenvalue weighted by Crippen LogP contribution is -2.31. The summed E-state index contributed by atoms with van der Waals surface area (Å²) in [6.45, 7) is 9.76. The third-order valence-electron chi connectivity index (χ3n) is 4.41. The smallest absolute Gasteiger partial charge is 0.319 e. The van der Waals surface area contributed by atoms with Gasteiger partial charge in [0.25, 0.3) is 0 Å². The van der Waals surface area contributed by atoms with E-state index in [0.717, 1.165) is 23.2 Å². The molecule has 3 N–H and O–H groups in total. The number of aryl methyl sites for hydroxylation is 1. The van der Waals surface area contributed by atoms with E-state index in [1.54, 1.807) is 0 Å². The van der Waals surface area contributed by atoms with Crippen LogP contribution in [0.3, 0.4) is 0 Å². The third-order valence-corrected chi connectivity index (χ3v) is 5.67. The van der Waals surface area contributed by atoms with Crippen molar-refractivity contribution in [1.29, 1.82) is 0 Å². The molecular formula is C22H29N3O2S. The molecule has 0 aliphatic heterocycles. The first kappa shape index (κ1) is 21.8. The second-order valence-corrected chi connectivity index (χ2v) is 8.45. The number of thioether (sulfide) groups is 1. The van der Waals surface area contributed by atoms with E-state index in [-0.39, 0.29) is 18.0 Å². The Morgan fingerprint density at radius 1 is 1.07 bits per heavy atom. The molecule has 0 aliphatic rings. The summed E-state index contributed by atoms with van der Waals surface area (Å²) in [4.78, 5) is 24.8. The number of nitrogens with one attached hydrogen (secondary N) is 3. The summed E-state index contributed by atoms with van der Waals surface area (Å²) in [5.74, 6) is -0.124. The Labute approximate surface area is 171 Å². The summed E-state index contributed by atoms with van der Waals surface area (Å²) >= 11 is 1.84. The van der Waals surface area contributed by atoms with Crippen LogP contribution in [0.1, 0.15) is 51.3 Å². The van der Waals surface area contributed by atoms with Crippen LogP contribution in [0.5, 0.6) is 0 Å². The van der Waals surface area contributed by atoms with Crippen LogP contribution in [-0.4, -0.2) is 17.2 Å². The fraction of sp³-hybridized carbons (Fsp3) is 0.364. The van der Waals surface area contributed by atoms with Crippen LogP contribution in [0.4, 0.5) is 16.2 Å². The molecule has 28 heavy (non-hydrogen) atoms. The topological polar surface area (TPSA) is 70.2 Å². The first-order chi connectivity index (χ1) is 13.3. The molecular weight excluding hydrogens is 370 g/mol. The first-order valence-corrected chi connectivity index (χ1v) is 10.4. The molecule has 0 fully saturated rings. The summed E-state index contributed by atoms with van der Waals surface area (Å²) in [5.41, 5.74) is 3.46. The van der Waals surface area contributed by atoms with Crippen molar-refractivity contribution >= 4 is 35.1 Å². The molecule has 2 aromatic rings. The van der Waals surface area contributed by atoms with Crippen LogP contribution in [0.2, 0.25) is 0 Å². The van der Waals surface area contributed by atoms with Gasteiger partial charge in [-0.05, 0) is 61.7 Å². The normalized spacial score (nSPS) is 12.8. The van der Waals surface area contributed by atoms with Gasteiger partial charge in [-0.3, -0.25) is 4.79 Å². The van der Waals surface area contributed by atoms with Crippen molar-refractivity contribution in [3.8, 4) is 0 Å². The molecule has 0 saturated carbocycles. The Morgan fingerprint density at radius 2 is 1.82 bits per heavy atom. The van der Waals surface area contributed by atoms with Crippen LogP contribution >= 0.6 is 11.8 Å². The average Bonchev–Trinajstić information content (AvgIpc) is 2.63. The molecule has 2 aromatic carbocycles. The van der Waals surface area contributed by atoms with E-state index in [0.29, 0.717) is 10.9 Å². The van der Waals surface area contributed by atoms with Gasteiger partial charge in [-0.15, -0.1) is 11.8 Å². The van der Waals surface area contributed by atoms with E-state index in [9.17, 15) is 9.59 Å².